The fourth-order valence-corrected chi connectivity index (χ4v) is 3.75. The number of nitrogens with zero attached hydrogens (tertiary/aromatic N) is 1. The molecule has 2 amide bonds. The summed E-state index contributed by atoms with van der Waals surface area (Å²) in [4.78, 5) is 34.9. The van der Waals surface area contributed by atoms with Gasteiger partial charge in [0.05, 0.1) is 15.6 Å². The third kappa shape index (κ3) is 5.57. The minimum atomic E-state index is -0.742. The summed E-state index contributed by atoms with van der Waals surface area (Å²) in [5.41, 5.74) is 7.90. The lowest BCUT2D eigenvalue weighted by molar-refractivity contribution is -0.387. The summed E-state index contributed by atoms with van der Waals surface area (Å²) in [6.07, 6.45) is 0. The molecule has 0 fully saturated rings. The van der Waals surface area contributed by atoms with Crippen LogP contribution in [0.4, 0.5) is 11.4 Å². The van der Waals surface area contributed by atoms with Gasteiger partial charge in [-0.05, 0) is 35.1 Å². The summed E-state index contributed by atoms with van der Waals surface area (Å²) in [7, 11) is 0. The van der Waals surface area contributed by atoms with Crippen LogP contribution in [-0.2, 0) is 4.79 Å². The second kappa shape index (κ2) is 9.56. The number of para-hydroxylation sites is 1. The molecule has 0 radical (unpaired) electrons. The number of carbonyl (C=O) groups is 2. The maximum absolute atomic E-state index is 12.6. The Morgan fingerprint density at radius 3 is 2.17 bits per heavy atom. The summed E-state index contributed by atoms with van der Waals surface area (Å²) < 4.78 is 0. The van der Waals surface area contributed by atoms with Crippen LogP contribution in [0.2, 0.25) is 0 Å². The molecule has 0 aliphatic heterocycles. The third-order valence-electron chi connectivity index (χ3n) is 4.44. The largest absolute Gasteiger partial charge is 0.366 e. The van der Waals surface area contributed by atoms with E-state index >= 15 is 0 Å². The van der Waals surface area contributed by atoms with Gasteiger partial charge in [0, 0.05) is 17.3 Å². The minimum Gasteiger partial charge on any atom is -0.366 e. The first-order valence-electron chi connectivity index (χ1n) is 9.25. The summed E-state index contributed by atoms with van der Waals surface area (Å²) >= 11 is 1.05. The lowest BCUT2D eigenvalue weighted by Gasteiger charge is -2.20. The quantitative estimate of drug-likeness (QED) is 0.369. The van der Waals surface area contributed by atoms with Crippen LogP contribution in [0, 0.1) is 10.1 Å². The van der Waals surface area contributed by atoms with Crippen LogP contribution >= 0.6 is 11.8 Å². The molecule has 0 bridgehead atoms. The molecule has 0 saturated heterocycles. The van der Waals surface area contributed by atoms with Crippen LogP contribution < -0.4 is 11.1 Å². The fourth-order valence-electron chi connectivity index (χ4n) is 2.95. The molecule has 7 nitrogen and oxygen atoms in total. The Bertz CT molecular complexity index is 915. The maximum Gasteiger partial charge on any atom is 0.283 e. The van der Waals surface area contributed by atoms with Crippen molar-refractivity contribution >= 4 is 35.0 Å². The van der Waals surface area contributed by atoms with Crippen LogP contribution in [0.1, 0.15) is 61.0 Å². The Balaban J connectivity index is 2.22. The van der Waals surface area contributed by atoms with Gasteiger partial charge in [0.15, 0.2) is 0 Å². The molecule has 0 unspecified atom stereocenters. The van der Waals surface area contributed by atoms with E-state index in [0.717, 1.165) is 34.6 Å². The molecule has 0 aliphatic carbocycles. The van der Waals surface area contributed by atoms with Crippen molar-refractivity contribution in [3.8, 4) is 0 Å². The number of rotatable bonds is 8. The maximum atomic E-state index is 12.6. The summed E-state index contributed by atoms with van der Waals surface area (Å²) in [6, 6.07) is 9.96. The normalized spacial score (nSPS) is 11.0. The second-order valence-corrected chi connectivity index (χ2v) is 8.28. The van der Waals surface area contributed by atoms with Crippen LogP contribution in [0.5, 0.6) is 0 Å². The molecule has 2 aromatic carbocycles. The predicted octanol–water partition coefficient (Wildman–Crippen LogP) is 4.67. The fraction of sp³-hybridized carbons (Fsp3) is 0.333. The highest BCUT2D eigenvalue weighted by atomic mass is 32.2. The highest BCUT2D eigenvalue weighted by Crippen LogP contribution is 2.33. The van der Waals surface area contributed by atoms with E-state index in [2.05, 4.69) is 33.0 Å². The van der Waals surface area contributed by atoms with Crippen molar-refractivity contribution in [1.82, 2.24) is 0 Å². The predicted molar refractivity (Wildman–Crippen MR) is 116 cm³/mol. The van der Waals surface area contributed by atoms with E-state index in [-0.39, 0.29) is 34.7 Å². The molecule has 0 atom stereocenters. The van der Waals surface area contributed by atoms with Crippen molar-refractivity contribution in [2.24, 2.45) is 5.73 Å². The van der Waals surface area contributed by atoms with E-state index in [1.807, 2.05) is 18.2 Å². The van der Waals surface area contributed by atoms with Crippen molar-refractivity contribution in [3.63, 3.8) is 0 Å². The molecule has 0 aromatic heterocycles. The van der Waals surface area contributed by atoms with Gasteiger partial charge in [-0.25, -0.2) is 0 Å². The van der Waals surface area contributed by atoms with Gasteiger partial charge in [0.25, 0.3) is 5.69 Å². The Hall–Kier alpha value is -2.87. The van der Waals surface area contributed by atoms with E-state index < -0.39 is 10.8 Å². The molecule has 29 heavy (non-hydrogen) atoms. The number of primary amides is 1. The Kier molecular flexibility index (Phi) is 7.39. The van der Waals surface area contributed by atoms with Gasteiger partial charge in [-0.3, -0.25) is 19.7 Å². The summed E-state index contributed by atoms with van der Waals surface area (Å²) in [5, 5.41) is 14.3. The number of hydrogen-bond acceptors (Lipinski definition) is 5. The average Bonchev–Trinajstić information content (AvgIpc) is 2.65. The minimum absolute atomic E-state index is 0.000717. The first kappa shape index (κ1) is 22.4. The van der Waals surface area contributed by atoms with Gasteiger partial charge in [-0.2, -0.15) is 0 Å². The Morgan fingerprint density at radius 2 is 1.69 bits per heavy atom. The van der Waals surface area contributed by atoms with Gasteiger partial charge in [-0.1, -0.05) is 45.9 Å². The van der Waals surface area contributed by atoms with Crippen molar-refractivity contribution in [2.45, 2.75) is 44.4 Å². The van der Waals surface area contributed by atoms with Gasteiger partial charge in [-0.15, -0.1) is 11.8 Å². The van der Waals surface area contributed by atoms with Crippen molar-refractivity contribution in [3.05, 3.63) is 63.2 Å². The Morgan fingerprint density at radius 1 is 1.10 bits per heavy atom. The average molecular weight is 416 g/mol. The van der Waals surface area contributed by atoms with E-state index in [1.54, 1.807) is 0 Å². The molecule has 0 aliphatic rings. The zero-order valence-electron chi connectivity index (χ0n) is 16.9. The number of hydrogen-bond donors (Lipinski definition) is 2. The number of nitro benzene ring substituents is 1. The zero-order chi connectivity index (χ0) is 21.7. The Labute approximate surface area is 174 Å². The highest BCUT2D eigenvalue weighted by Gasteiger charge is 2.20. The SMILES string of the molecule is CC(C)c1cccc(C(C)C)c1NC(=O)CSc1ccc(C(N)=O)cc1[N+](=O)[O-]. The standard InChI is InChI=1S/C21H25N3O4S/c1-12(2)15-6-5-7-16(13(3)4)20(15)23-19(25)11-29-18-9-8-14(21(22)26)10-17(18)24(27)28/h5-10,12-13H,11H2,1-4H3,(H2,22,26)(H,23,25). The topological polar surface area (TPSA) is 115 Å². The van der Waals surface area contributed by atoms with Gasteiger partial charge >= 0.3 is 0 Å². The van der Waals surface area contributed by atoms with Crippen LogP contribution in [0.3, 0.4) is 0 Å². The number of thioether (sulfide) groups is 1. The molecule has 2 rings (SSSR count). The second-order valence-electron chi connectivity index (χ2n) is 7.26. The number of nitro groups is 1. The first-order valence-corrected chi connectivity index (χ1v) is 10.2. The summed E-state index contributed by atoms with van der Waals surface area (Å²) in [5.74, 6) is -0.522. The molecule has 2 aromatic rings. The number of carbonyl (C=O) groups excluding carboxylic acids is 2. The number of anilines is 1. The van der Waals surface area contributed by atoms with Gasteiger partial charge in [0.1, 0.15) is 0 Å². The molecule has 0 spiro atoms. The molecule has 0 saturated carbocycles. The highest BCUT2D eigenvalue weighted by molar-refractivity contribution is 8.00. The van der Waals surface area contributed by atoms with E-state index in [1.165, 1.54) is 12.1 Å². The van der Waals surface area contributed by atoms with Crippen molar-refractivity contribution in [1.29, 1.82) is 0 Å². The molecule has 154 valence electrons. The lowest BCUT2D eigenvalue weighted by Crippen LogP contribution is -2.17. The van der Waals surface area contributed by atoms with Gasteiger partial charge in [0.2, 0.25) is 11.8 Å². The molecule has 8 heteroatoms. The summed E-state index contributed by atoms with van der Waals surface area (Å²) in [6.45, 7) is 8.25. The van der Waals surface area contributed by atoms with Crippen molar-refractivity contribution < 1.29 is 14.5 Å². The number of benzene rings is 2. The zero-order valence-corrected chi connectivity index (χ0v) is 17.7. The van der Waals surface area contributed by atoms with E-state index in [4.69, 9.17) is 5.73 Å². The molecule has 3 N–H and O–H groups in total. The third-order valence-corrected chi connectivity index (χ3v) is 5.50. The van der Waals surface area contributed by atoms with Crippen LogP contribution in [0.15, 0.2) is 41.3 Å². The number of nitrogens with two attached hydrogens (primary N) is 1. The van der Waals surface area contributed by atoms with Crippen LogP contribution in [-0.4, -0.2) is 22.5 Å². The van der Waals surface area contributed by atoms with Gasteiger partial charge < -0.3 is 11.1 Å². The van der Waals surface area contributed by atoms with E-state index in [0.29, 0.717) is 4.90 Å². The lowest BCUT2D eigenvalue weighted by atomic mass is 9.92. The number of nitrogens with one attached hydrogen (secondary N) is 1. The molecule has 0 heterocycles. The molecular formula is C21H25N3O4S. The number of amides is 2. The van der Waals surface area contributed by atoms with Crippen LogP contribution in [0.25, 0.3) is 0 Å². The van der Waals surface area contributed by atoms with E-state index in [9.17, 15) is 19.7 Å². The monoisotopic (exact) mass is 415 g/mol. The smallest absolute Gasteiger partial charge is 0.283 e. The van der Waals surface area contributed by atoms with Crippen molar-refractivity contribution in [2.75, 3.05) is 11.1 Å². The first-order chi connectivity index (χ1) is 13.6. The molecular weight excluding hydrogens is 390 g/mol.